The summed E-state index contributed by atoms with van der Waals surface area (Å²) in [6, 6.07) is 4.33. The fraction of sp³-hybridized carbons (Fsp3) is 0.333. The number of nitrogens with one attached hydrogen (secondary N) is 2. The zero-order valence-corrected chi connectivity index (χ0v) is 21.3. The largest absolute Gasteiger partial charge is 0.434 e. The number of H-pyrrole nitrogens is 1. The molecule has 34 heavy (non-hydrogen) atoms. The Labute approximate surface area is 206 Å². The molecule has 0 aliphatic rings. The fourth-order valence-corrected chi connectivity index (χ4v) is 5.58. The molecule has 0 fully saturated rings. The van der Waals surface area contributed by atoms with Crippen molar-refractivity contribution < 1.29 is 26.0 Å². The van der Waals surface area contributed by atoms with Crippen molar-refractivity contribution >= 4 is 37.6 Å². The summed E-state index contributed by atoms with van der Waals surface area (Å²) in [6.45, 7) is 4.91. The maximum atomic E-state index is 14.8. The maximum absolute atomic E-state index is 14.8. The van der Waals surface area contributed by atoms with Crippen molar-refractivity contribution in [3.63, 3.8) is 0 Å². The molecule has 0 radical (unpaired) electrons. The predicted octanol–water partition coefficient (Wildman–Crippen LogP) is 5.08. The molecular formula is C21H20BrClF3N3O4S. The molecule has 7 nitrogen and oxygen atoms in total. The van der Waals surface area contributed by atoms with E-state index in [0.717, 1.165) is 23.8 Å². The van der Waals surface area contributed by atoms with Crippen LogP contribution in [0.2, 0.25) is 5.02 Å². The summed E-state index contributed by atoms with van der Waals surface area (Å²) < 4.78 is 77.9. The van der Waals surface area contributed by atoms with E-state index in [0.29, 0.717) is 5.56 Å². The van der Waals surface area contributed by atoms with E-state index in [9.17, 15) is 26.4 Å². The zero-order valence-electron chi connectivity index (χ0n) is 18.1. The first-order valence-electron chi connectivity index (χ1n) is 9.85. The molecule has 0 amide bonds. The number of aromatic nitrogens is 2. The lowest BCUT2D eigenvalue weighted by molar-refractivity contribution is 0.0214. The summed E-state index contributed by atoms with van der Waals surface area (Å²) >= 11 is 8.53. The third kappa shape index (κ3) is 5.24. The number of halogens is 5. The molecule has 2 aromatic carbocycles. The highest BCUT2D eigenvalue weighted by Gasteiger charge is 2.39. The van der Waals surface area contributed by atoms with Gasteiger partial charge in [0, 0.05) is 16.5 Å². The third-order valence-electron chi connectivity index (χ3n) is 5.48. The molecule has 1 heterocycles. The van der Waals surface area contributed by atoms with Crippen molar-refractivity contribution in [1.29, 1.82) is 0 Å². The van der Waals surface area contributed by atoms with Crippen LogP contribution in [0.4, 0.5) is 13.2 Å². The van der Waals surface area contributed by atoms with E-state index >= 15 is 0 Å². The lowest BCUT2D eigenvalue weighted by Crippen LogP contribution is -2.34. The quantitative estimate of drug-likeness (QED) is 0.361. The smallest absolute Gasteiger partial charge is 0.391 e. The Kier molecular flexibility index (Phi) is 7.66. The minimum Gasteiger partial charge on any atom is -0.391 e. The Morgan fingerprint density at radius 2 is 1.94 bits per heavy atom. The van der Waals surface area contributed by atoms with Crippen molar-refractivity contribution in [1.82, 2.24) is 14.9 Å². The van der Waals surface area contributed by atoms with Gasteiger partial charge in [0.1, 0.15) is 11.9 Å². The zero-order chi connectivity index (χ0) is 25.4. The van der Waals surface area contributed by atoms with E-state index in [2.05, 4.69) is 25.8 Å². The number of hydrogen-bond donors (Lipinski definition) is 2. The minimum atomic E-state index is -4.68. The Morgan fingerprint density at radius 3 is 2.53 bits per heavy atom. The van der Waals surface area contributed by atoms with E-state index in [1.807, 2.05) is 5.10 Å². The number of aromatic amines is 1. The van der Waals surface area contributed by atoms with Crippen molar-refractivity contribution in [2.75, 3.05) is 5.33 Å². The number of hydrogen-bond acceptors (Lipinski definition) is 5. The number of alkyl halides is 3. The van der Waals surface area contributed by atoms with Gasteiger partial charge in [-0.15, -0.1) is 5.10 Å². The van der Waals surface area contributed by atoms with Crippen LogP contribution in [0.3, 0.4) is 0 Å². The summed E-state index contributed by atoms with van der Waals surface area (Å²) in [5.41, 5.74) is 0.607. The van der Waals surface area contributed by atoms with Gasteiger partial charge in [0.15, 0.2) is 0 Å². The second kappa shape index (κ2) is 9.84. The SMILES string of the molecule is Cc1ccc(F)c(C(C)[C@H](NS(=O)(=O)c2ccc(Cl)cc2C(F)(F)CBr)c2n[nH]c(=O)o2)c1C. The summed E-state index contributed by atoms with van der Waals surface area (Å²) in [6.07, 6.45) is 0. The normalized spacial score (nSPS) is 14.2. The predicted molar refractivity (Wildman–Crippen MR) is 124 cm³/mol. The maximum Gasteiger partial charge on any atom is 0.434 e. The van der Waals surface area contributed by atoms with E-state index in [1.165, 1.54) is 13.0 Å². The molecule has 2 N–H and O–H groups in total. The highest BCUT2D eigenvalue weighted by Crippen LogP contribution is 2.39. The van der Waals surface area contributed by atoms with E-state index in [-0.39, 0.29) is 16.5 Å². The standard InChI is InChI=1S/C21H20BrClF3N3O4S/c1-10-4-6-15(24)17(11(10)2)12(3)18(19-27-28-20(30)33-19)29-34(31,32)16-7-5-13(23)8-14(16)21(25,26)9-22/h4-8,12,18,29H,9H2,1-3H3,(H,28,30)/t12?,18-/m0/s1. The highest BCUT2D eigenvalue weighted by molar-refractivity contribution is 9.09. The van der Waals surface area contributed by atoms with Crippen LogP contribution < -0.4 is 10.5 Å². The van der Waals surface area contributed by atoms with Gasteiger partial charge in [-0.25, -0.2) is 31.5 Å². The molecule has 1 aromatic heterocycles. The second-order valence-corrected chi connectivity index (χ2v) is 10.4. The van der Waals surface area contributed by atoms with Crippen LogP contribution in [0.1, 0.15) is 47.0 Å². The molecule has 0 spiro atoms. The van der Waals surface area contributed by atoms with E-state index in [4.69, 9.17) is 16.0 Å². The van der Waals surface area contributed by atoms with Gasteiger partial charge in [-0.1, -0.05) is 40.5 Å². The number of nitrogens with zero attached hydrogens (tertiary/aromatic N) is 1. The van der Waals surface area contributed by atoms with Crippen LogP contribution in [0.15, 0.2) is 44.4 Å². The first kappa shape index (κ1) is 26.5. The number of aryl methyl sites for hydroxylation is 1. The van der Waals surface area contributed by atoms with Gasteiger partial charge < -0.3 is 4.42 Å². The molecule has 0 aliphatic heterocycles. The monoisotopic (exact) mass is 581 g/mol. The summed E-state index contributed by atoms with van der Waals surface area (Å²) in [5.74, 6) is -6.49. The minimum absolute atomic E-state index is 0.0877. The number of rotatable bonds is 8. The van der Waals surface area contributed by atoms with Gasteiger partial charge >= 0.3 is 5.76 Å². The summed E-state index contributed by atoms with van der Waals surface area (Å²) in [5, 5.41) is 4.78. The van der Waals surface area contributed by atoms with Crippen LogP contribution in [0.25, 0.3) is 0 Å². The molecule has 3 rings (SSSR count). The Bertz CT molecular complexity index is 1380. The molecule has 0 saturated carbocycles. The molecule has 184 valence electrons. The topological polar surface area (TPSA) is 105 Å². The molecular weight excluding hydrogens is 563 g/mol. The molecule has 13 heteroatoms. The van der Waals surface area contributed by atoms with Gasteiger partial charge in [0.25, 0.3) is 5.92 Å². The van der Waals surface area contributed by atoms with Crippen LogP contribution >= 0.6 is 27.5 Å². The molecule has 1 unspecified atom stereocenters. The molecule has 0 bridgehead atoms. The van der Waals surface area contributed by atoms with Crippen molar-refractivity contribution in [2.45, 2.75) is 43.5 Å². The van der Waals surface area contributed by atoms with Crippen LogP contribution in [-0.4, -0.2) is 23.9 Å². The second-order valence-electron chi connectivity index (χ2n) is 7.72. The average molecular weight is 583 g/mol. The molecule has 3 aromatic rings. The first-order valence-corrected chi connectivity index (χ1v) is 12.8. The van der Waals surface area contributed by atoms with Crippen LogP contribution in [0, 0.1) is 19.7 Å². The Morgan fingerprint density at radius 1 is 1.26 bits per heavy atom. The van der Waals surface area contributed by atoms with Gasteiger partial charge in [0.2, 0.25) is 15.9 Å². The summed E-state index contributed by atoms with van der Waals surface area (Å²) in [7, 11) is -4.68. The Balaban J connectivity index is 2.16. The van der Waals surface area contributed by atoms with E-state index < -0.39 is 55.3 Å². The van der Waals surface area contributed by atoms with Gasteiger partial charge in [-0.05, 0) is 54.8 Å². The van der Waals surface area contributed by atoms with Gasteiger partial charge in [0.05, 0.1) is 10.2 Å². The molecule has 2 atom stereocenters. The fourth-order valence-electron chi connectivity index (χ4n) is 3.60. The summed E-state index contributed by atoms with van der Waals surface area (Å²) in [4.78, 5) is 10.8. The van der Waals surface area contributed by atoms with Gasteiger partial charge in [-0.2, -0.15) is 4.72 Å². The molecule has 0 saturated heterocycles. The van der Waals surface area contributed by atoms with Gasteiger partial charge in [-0.3, -0.25) is 0 Å². The molecule has 0 aliphatic carbocycles. The Hall–Kier alpha value is -2.15. The van der Waals surface area contributed by atoms with Crippen LogP contribution in [-0.2, 0) is 15.9 Å². The third-order valence-corrected chi connectivity index (χ3v) is 7.92. The average Bonchev–Trinajstić information content (AvgIpc) is 3.20. The lowest BCUT2D eigenvalue weighted by Gasteiger charge is -2.26. The van der Waals surface area contributed by atoms with Crippen LogP contribution in [0.5, 0.6) is 0 Å². The van der Waals surface area contributed by atoms with Crippen molar-refractivity contribution in [3.8, 4) is 0 Å². The first-order chi connectivity index (χ1) is 15.8. The number of sulfonamides is 1. The lowest BCUT2D eigenvalue weighted by atomic mass is 9.88. The highest BCUT2D eigenvalue weighted by atomic mass is 79.9. The van der Waals surface area contributed by atoms with Crippen molar-refractivity contribution in [2.24, 2.45) is 0 Å². The van der Waals surface area contributed by atoms with E-state index in [1.54, 1.807) is 19.9 Å². The number of benzene rings is 2. The van der Waals surface area contributed by atoms with Crippen molar-refractivity contribution in [3.05, 3.63) is 79.9 Å².